The van der Waals surface area contributed by atoms with Crippen LogP contribution in [0.25, 0.3) is 0 Å². The summed E-state index contributed by atoms with van der Waals surface area (Å²) >= 11 is 0. The van der Waals surface area contributed by atoms with Crippen LogP contribution in [0.15, 0.2) is 0 Å². The van der Waals surface area contributed by atoms with E-state index in [-0.39, 0.29) is 0 Å². The summed E-state index contributed by atoms with van der Waals surface area (Å²) in [7, 11) is 0. The summed E-state index contributed by atoms with van der Waals surface area (Å²) in [5.74, 6) is 2.63. The monoisotopic (exact) mass is 236 g/mol. The van der Waals surface area contributed by atoms with Gasteiger partial charge in [-0.1, -0.05) is 20.8 Å². The fourth-order valence-corrected chi connectivity index (χ4v) is 2.41. The number of H-pyrrole nitrogens is 1. The molecule has 0 saturated carbocycles. The number of fused-ring (bicyclic) bond motifs is 1. The Morgan fingerprint density at radius 2 is 2.00 bits per heavy atom. The molecular formula is C14H24N2O. The van der Waals surface area contributed by atoms with E-state index in [2.05, 4.69) is 25.8 Å². The zero-order valence-electron chi connectivity index (χ0n) is 11.3. The molecular weight excluding hydrogens is 212 g/mol. The molecule has 1 aliphatic rings. The quantitative estimate of drug-likeness (QED) is 0.798. The highest BCUT2D eigenvalue weighted by molar-refractivity contribution is 5.19. The number of rotatable bonds is 5. The van der Waals surface area contributed by atoms with E-state index in [1.807, 2.05) is 0 Å². The topological polar surface area (TPSA) is 37.9 Å². The molecule has 1 aliphatic carbocycles. The van der Waals surface area contributed by atoms with Crippen molar-refractivity contribution in [1.82, 2.24) is 9.97 Å². The van der Waals surface area contributed by atoms with Gasteiger partial charge in [0.15, 0.2) is 0 Å². The first-order valence-corrected chi connectivity index (χ1v) is 6.85. The zero-order chi connectivity index (χ0) is 12.3. The Bertz CT molecular complexity index is 332. The van der Waals surface area contributed by atoms with Crippen molar-refractivity contribution in [2.45, 2.75) is 46.5 Å². The van der Waals surface area contributed by atoms with Crippen LogP contribution in [0.1, 0.15) is 44.4 Å². The Kier molecular flexibility index (Phi) is 4.21. The first kappa shape index (κ1) is 12.6. The van der Waals surface area contributed by atoms with Gasteiger partial charge in [-0.3, -0.25) is 0 Å². The molecule has 0 spiro atoms. The van der Waals surface area contributed by atoms with Crippen molar-refractivity contribution in [3.8, 4) is 0 Å². The van der Waals surface area contributed by atoms with Gasteiger partial charge in [0, 0.05) is 18.7 Å². The highest BCUT2D eigenvalue weighted by atomic mass is 16.5. The number of nitrogens with one attached hydrogen (secondary N) is 1. The summed E-state index contributed by atoms with van der Waals surface area (Å²) in [5, 5.41) is 0. The van der Waals surface area contributed by atoms with Crippen LogP contribution >= 0.6 is 0 Å². The van der Waals surface area contributed by atoms with Gasteiger partial charge in [-0.05, 0) is 31.1 Å². The highest BCUT2D eigenvalue weighted by Gasteiger charge is 2.24. The lowest BCUT2D eigenvalue weighted by Gasteiger charge is -2.24. The molecule has 17 heavy (non-hydrogen) atoms. The molecule has 0 bridgehead atoms. The number of hydrogen-bond donors (Lipinski definition) is 1. The third-order valence-electron chi connectivity index (χ3n) is 3.76. The molecule has 1 aromatic heterocycles. The van der Waals surface area contributed by atoms with Crippen molar-refractivity contribution in [3.05, 3.63) is 17.2 Å². The Balaban J connectivity index is 1.91. The summed E-state index contributed by atoms with van der Waals surface area (Å²) in [6.45, 7) is 8.43. The van der Waals surface area contributed by atoms with E-state index in [4.69, 9.17) is 9.72 Å². The van der Waals surface area contributed by atoms with Gasteiger partial charge in [0.05, 0.1) is 12.3 Å². The molecule has 0 fully saturated rings. The number of hydrogen-bond acceptors (Lipinski definition) is 2. The number of nitrogens with zero attached hydrogens (tertiary/aromatic N) is 1. The maximum atomic E-state index is 5.50. The van der Waals surface area contributed by atoms with Crippen LogP contribution in [0.5, 0.6) is 0 Å². The van der Waals surface area contributed by atoms with Crippen LogP contribution in [0, 0.1) is 11.8 Å². The normalized spacial score (nSPS) is 23.7. The molecule has 3 nitrogen and oxygen atoms in total. The van der Waals surface area contributed by atoms with E-state index < -0.39 is 0 Å². The van der Waals surface area contributed by atoms with E-state index in [1.165, 1.54) is 11.4 Å². The average Bonchev–Trinajstić information content (AvgIpc) is 2.67. The molecule has 3 heteroatoms. The number of aromatic amines is 1. The molecule has 1 aromatic rings. The predicted octanol–water partition coefficient (Wildman–Crippen LogP) is 2.75. The van der Waals surface area contributed by atoms with E-state index >= 15 is 0 Å². The summed E-state index contributed by atoms with van der Waals surface area (Å²) in [6, 6.07) is 0. The molecule has 96 valence electrons. The molecule has 2 unspecified atom stereocenters. The lowest BCUT2D eigenvalue weighted by molar-refractivity contribution is 0.137. The maximum Gasteiger partial charge on any atom is 0.108 e. The maximum absolute atomic E-state index is 5.50. The minimum Gasteiger partial charge on any atom is -0.381 e. The molecule has 0 radical (unpaired) electrons. The molecule has 2 rings (SSSR count). The molecule has 1 N–H and O–H groups in total. The number of ether oxygens (including phenoxy) is 1. The second-order valence-electron chi connectivity index (χ2n) is 5.33. The SMILES string of the molecule is CCCOCCc1nc2c([nH]1)CC(C)C(C)C2. The summed E-state index contributed by atoms with van der Waals surface area (Å²) in [5.41, 5.74) is 2.65. The van der Waals surface area contributed by atoms with E-state index in [0.717, 1.165) is 56.6 Å². The van der Waals surface area contributed by atoms with Gasteiger partial charge < -0.3 is 9.72 Å². The minimum atomic E-state index is 0.759. The third-order valence-corrected chi connectivity index (χ3v) is 3.76. The Morgan fingerprint density at radius 1 is 1.24 bits per heavy atom. The fourth-order valence-electron chi connectivity index (χ4n) is 2.41. The lowest BCUT2D eigenvalue weighted by Crippen LogP contribution is -2.20. The van der Waals surface area contributed by atoms with Crippen molar-refractivity contribution in [3.63, 3.8) is 0 Å². The Morgan fingerprint density at radius 3 is 2.76 bits per heavy atom. The smallest absolute Gasteiger partial charge is 0.108 e. The zero-order valence-corrected chi connectivity index (χ0v) is 11.3. The van der Waals surface area contributed by atoms with Crippen molar-refractivity contribution in [2.24, 2.45) is 11.8 Å². The van der Waals surface area contributed by atoms with E-state index in [1.54, 1.807) is 0 Å². The van der Waals surface area contributed by atoms with Gasteiger partial charge in [0.25, 0.3) is 0 Å². The third kappa shape index (κ3) is 3.09. The van der Waals surface area contributed by atoms with Crippen molar-refractivity contribution < 1.29 is 4.74 Å². The second kappa shape index (κ2) is 5.67. The second-order valence-corrected chi connectivity index (χ2v) is 5.33. The first-order chi connectivity index (χ1) is 8.20. The van der Waals surface area contributed by atoms with Gasteiger partial charge in [0.2, 0.25) is 0 Å². The Hall–Kier alpha value is -0.830. The van der Waals surface area contributed by atoms with Gasteiger partial charge in [-0.2, -0.15) is 0 Å². The van der Waals surface area contributed by atoms with E-state index in [0.29, 0.717) is 0 Å². The highest BCUT2D eigenvalue weighted by Crippen LogP contribution is 2.28. The molecule has 0 aromatic carbocycles. The van der Waals surface area contributed by atoms with Crippen LogP contribution in [0.3, 0.4) is 0 Å². The Labute approximate surface area is 104 Å². The van der Waals surface area contributed by atoms with Crippen LogP contribution in [0.4, 0.5) is 0 Å². The summed E-state index contributed by atoms with van der Waals surface area (Å²) in [6.07, 6.45) is 4.28. The molecule has 1 heterocycles. The van der Waals surface area contributed by atoms with Crippen LogP contribution in [0.2, 0.25) is 0 Å². The van der Waals surface area contributed by atoms with Gasteiger partial charge >= 0.3 is 0 Å². The van der Waals surface area contributed by atoms with Crippen molar-refractivity contribution in [2.75, 3.05) is 13.2 Å². The minimum absolute atomic E-state index is 0.759. The molecule has 0 amide bonds. The van der Waals surface area contributed by atoms with E-state index in [9.17, 15) is 0 Å². The largest absolute Gasteiger partial charge is 0.381 e. The van der Waals surface area contributed by atoms with Gasteiger partial charge in [-0.25, -0.2) is 4.98 Å². The van der Waals surface area contributed by atoms with Gasteiger partial charge in [0.1, 0.15) is 5.82 Å². The van der Waals surface area contributed by atoms with Crippen molar-refractivity contribution >= 4 is 0 Å². The molecule has 0 saturated heterocycles. The summed E-state index contributed by atoms with van der Waals surface area (Å²) < 4.78 is 5.50. The lowest BCUT2D eigenvalue weighted by atomic mass is 9.82. The average molecular weight is 236 g/mol. The van der Waals surface area contributed by atoms with Gasteiger partial charge in [-0.15, -0.1) is 0 Å². The van der Waals surface area contributed by atoms with Crippen molar-refractivity contribution in [1.29, 1.82) is 0 Å². The standard InChI is InChI=1S/C14H24N2O/c1-4-6-17-7-5-14-15-12-8-10(2)11(3)9-13(12)16-14/h10-11H,4-9H2,1-3H3,(H,15,16). The van der Waals surface area contributed by atoms with Crippen LogP contribution in [-0.4, -0.2) is 23.2 Å². The number of imidazole rings is 1. The number of aromatic nitrogens is 2. The molecule has 2 atom stereocenters. The van der Waals surface area contributed by atoms with Crippen LogP contribution < -0.4 is 0 Å². The first-order valence-electron chi connectivity index (χ1n) is 6.85. The fraction of sp³-hybridized carbons (Fsp3) is 0.786. The summed E-state index contributed by atoms with van der Waals surface area (Å²) in [4.78, 5) is 8.17. The van der Waals surface area contributed by atoms with Crippen LogP contribution in [-0.2, 0) is 24.0 Å². The predicted molar refractivity (Wildman–Crippen MR) is 69.1 cm³/mol. The molecule has 0 aliphatic heterocycles.